The lowest BCUT2D eigenvalue weighted by Crippen LogP contribution is -2.61. The maximum Gasteiger partial charge on any atom is 0.0692 e. The monoisotopic (exact) mass is 1170 g/mol. The predicted molar refractivity (Wildman–Crippen MR) is 371 cm³/mol. The molecule has 0 spiro atoms. The standard InChI is InChI=1S/C84H91N4O/c1-11-88(73-44-31-33-64(3)59-73)82(76-47-25-20-36-67(76)6,62-84(79-50-28-29-53-85-79,72-43-30-32-63(2)58-72)78-49-27-22-38-69(78)8)60-81(87-54-56-89-57-55-87,75-46-24-19-35-66(75)5)52-51-80(86(9)10,74-45-23-18-34-65(74)4)61-83(70-39-14-12-15-40-70,71-41-16-13-17-42-71)77-48-26-21-37-68(77)7/h12-31,33-50,53,58-59H,11,51-52,54-57,60-62H2,1-10H3. The van der Waals surface area contributed by atoms with Crippen molar-refractivity contribution < 1.29 is 4.74 Å². The zero-order chi connectivity index (χ0) is 62.2. The van der Waals surface area contributed by atoms with E-state index in [2.05, 4.69) is 333 Å². The van der Waals surface area contributed by atoms with Gasteiger partial charge in [-0.1, -0.05) is 218 Å². The molecule has 0 bridgehead atoms. The fraction of sp³-hybridized carbons (Fsp3) is 0.298. The zero-order valence-corrected chi connectivity index (χ0v) is 54.4. The van der Waals surface area contributed by atoms with Crippen LogP contribution in [0.5, 0.6) is 0 Å². The Kier molecular flexibility index (Phi) is 18.8. The van der Waals surface area contributed by atoms with Crippen molar-refractivity contribution in [1.29, 1.82) is 0 Å². The number of benzene rings is 9. The van der Waals surface area contributed by atoms with Crippen LogP contribution in [-0.2, 0) is 32.2 Å². The molecule has 4 unspecified atom stereocenters. The van der Waals surface area contributed by atoms with E-state index in [9.17, 15) is 0 Å². The molecule has 1 fully saturated rings. The summed E-state index contributed by atoms with van der Waals surface area (Å²) in [6.07, 6.45) is 5.74. The van der Waals surface area contributed by atoms with Crippen LogP contribution >= 0.6 is 0 Å². The smallest absolute Gasteiger partial charge is 0.0692 e. The molecule has 2 heterocycles. The minimum absolute atomic E-state index is 0.581. The van der Waals surface area contributed by atoms with Crippen LogP contribution in [0.25, 0.3) is 0 Å². The number of aryl methyl sites for hydroxylation is 7. The molecule has 1 aliphatic rings. The first-order valence-electron chi connectivity index (χ1n) is 32.4. The predicted octanol–water partition coefficient (Wildman–Crippen LogP) is 18.5. The summed E-state index contributed by atoms with van der Waals surface area (Å²) in [5.41, 5.74) is 17.8. The van der Waals surface area contributed by atoms with E-state index in [0.717, 1.165) is 50.2 Å². The summed E-state index contributed by atoms with van der Waals surface area (Å²) in [4.78, 5) is 13.9. The molecule has 1 aromatic heterocycles. The van der Waals surface area contributed by atoms with E-state index in [1.54, 1.807) is 0 Å². The second kappa shape index (κ2) is 26.9. The van der Waals surface area contributed by atoms with E-state index in [1.165, 1.54) is 83.6 Å². The molecule has 10 aromatic rings. The van der Waals surface area contributed by atoms with Gasteiger partial charge in [-0.3, -0.25) is 14.8 Å². The van der Waals surface area contributed by atoms with E-state index < -0.39 is 27.4 Å². The Bertz CT molecular complexity index is 3930. The summed E-state index contributed by atoms with van der Waals surface area (Å²) >= 11 is 0. The van der Waals surface area contributed by atoms with Crippen molar-refractivity contribution in [3.8, 4) is 0 Å². The topological polar surface area (TPSA) is 31.8 Å². The minimum atomic E-state index is -0.804. The van der Waals surface area contributed by atoms with Crippen molar-refractivity contribution in [2.24, 2.45) is 0 Å². The van der Waals surface area contributed by atoms with Gasteiger partial charge >= 0.3 is 0 Å². The number of ether oxygens (including phenoxy) is 1. The van der Waals surface area contributed by atoms with Crippen molar-refractivity contribution in [2.75, 3.05) is 51.8 Å². The summed E-state index contributed by atoms with van der Waals surface area (Å²) in [5, 5.41) is 0. The maximum absolute atomic E-state index is 6.55. The first-order chi connectivity index (χ1) is 43.2. The molecule has 5 heteroatoms. The molecule has 89 heavy (non-hydrogen) atoms. The van der Waals surface area contributed by atoms with E-state index in [4.69, 9.17) is 9.72 Å². The molecule has 1 saturated heterocycles. The number of nitrogens with zero attached hydrogens (tertiary/aromatic N) is 4. The van der Waals surface area contributed by atoms with Crippen molar-refractivity contribution in [3.05, 3.63) is 344 Å². The fourth-order valence-electron chi connectivity index (χ4n) is 16.4. The van der Waals surface area contributed by atoms with Gasteiger partial charge in [0.15, 0.2) is 0 Å². The molecule has 0 saturated carbocycles. The van der Waals surface area contributed by atoms with Crippen LogP contribution in [0, 0.1) is 54.5 Å². The second-order valence-corrected chi connectivity index (χ2v) is 25.8. The molecule has 1 aliphatic heterocycles. The minimum Gasteiger partial charge on any atom is -0.379 e. The summed E-state index contributed by atoms with van der Waals surface area (Å²) in [5.74, 6) is 0. The van der Waals surface area contributed by atoms with Crippen LogP contribution in [0.1, 0.15) is 128 Å². The molecule has 0 N–H and O–H groups in total. The van der Waals surface area contributed by atoms with Gasteiger partial charge in [0.2, 0.25) is 0 Å². The van der Waals surface area contributed by atoms with Gasteiger partial charge < -0.3 is 9.64 Å². The zero-order valence-electron chi connectivity index (χ0n) is 54.4. The van der Waals surface area contributed by atoms with Crippen LogP contribution in [0.3, 0.4) is 0 Å². The number of aromatic nitrogens is 1. The first kappa shape index (κ1) is 62.4. The number of rotatable bonds is 23. The summed E-state index contributed by atoms with van der Waals surface area (Å²) in [6.45, 7) is 22.1. The molecule has 0 amide bonds. The Morgan fingerprint density at radius 2 is 0.933 bits per heavy atom. The van der Waals surface area contributed by atoms with Crippen molar-refractivity contribution in [1.82, 2.24) is 14.8 Å². The van der Waals surface area contributed by atoms with E-state index in [1.807, 2.05) is 6.20 Å². The van der Waals surface area contributed by atoms with Crippen LogP contribution in [-0.4, -0.2) is 61.7 Å². The Hall–Kier alpha value is -8.19. The van der Waals surface area contributed by atoms with Gasteiger partial charge in [-0.25, -0.2) is 0 Å². The molecule has 5 nitrogen and oxygen atoms in total. The van der Waals surface area contributed by atoms with Gasteiger partial charge in [0.1, 0.15) is 0 Å². The number of hydrogen-bond donors (Lipinski definition) is 0. The number of anilines is 1. The maximum atomic E-state index is 6.55. The quantitative estimate of drug-likeness (QED) is 0.0596. The molecular formula is C84H91N4O. The highest BCUT2D eigenvalue weighted by atomic mass is 16.5. The Balaban J connectivity index is 1.29. The number of pyridine rings is 1. The molecule has 11 rings (SSSR count). The molecule has 9 aromatic carbocycles. The second-order valence-electron chi connectivity index (χ2n) is 25.8. The normalized spacial score (nSPS) is 15.8. The number of morpholine rings is 1. The lowest BCUT2D eigenvalue weighted by atomic mass is 9.57. The summed E-state index contributed by atoms with van der Waals surface area (Å²) in [6, 6.07) is 95.7. The lowest BCUT2D eigenvalue weighted by Gasteiger charge is -2.59. The lowest BCUT2D eigenvalue weighted by molar-refractivity contribution is -0.0522. The van der Waals surface area contributed by atoms with E-state index in [0.29, 0.717) is 26.1 Å². The Labute approximate surface area is 533 Å². The molecule has 0 aliphatic carbocycles. The SMILES string of the molecule is CCN(c1cccc(C)c1)C(CC(c1cc[c]c(C)c1)(c1ccccn1)c1ccccc1C)(CC(CCC(CC(c1ccccc1)(c1ccccc1)c1ccccc1C)(c1ccccc1C)N(C)C)(c1ccccc1C)N1CCOCC1)c1ccccc1C. The van der Waals surface area contributed by atoms with E-state index in [-0.39, 0.29) is 0 Å². The van der Waals surface area contributed by atoms with Gasteiger partial charge in [0.05, 0.1) is 29.9 Å². The highest BCUT2D eigenvalue weighted by molar-refractivity contribution is 5.60. The molecule has 1 radical (unpaired) electrons. The van der Waals surface area contributed by atoms with Crippen molar-refractivity contribution in [3.63, 3.8) is 0 Å². The van der Waals surface area contributed by atoms with Crippen molar-refractivity contribution >= 4 is 5.69 Å². The fourth-order valence-corrected chi connectivity index (χ4v) is 16.4. The van der Waals surface area contributed by atoms with Gasteiger partial charge in [-0.05, 0) is 215 Å². The van der Waals surface area contributed by atoms with Crippen LogP contribution in [0.4, 0.5) is 5.69 Å². The average Bonchev–Trinajstić information content (AvgIpc) is 0.730. The first-order valence-corrected chi connectivity index (χ1v) is 32.4. The van der Waals surface area contributed by atoms with Gasteiger partial charge in [0.25, 0.3) is 0 Å². The van der Waals surface area contributed by atoms with Gasteiger partial charge in [0, 0.05) is 48.0 Å². The molecular weight excluding hydrogens is 1080 g/mol. The van der Waals surface area contributed by atoms with E-state index >= 15 is 0 Å². The average molecular weight is 1170 g/mol. The summed E-state index contributed by atoms with van der Waals surface area (Å²) in [7, 11) is 4.73. The van der Waals surface area contributed by atoms with Crippen LogP contribution < -0.4 is 4.90 Å². The van der Waals surface area contributed by atoms with Crippen molar-refractivity contribution in [2.45, 2.75) is 115 Å². The van der Waals surface area contributed by atoms with Crippen LogP contribution in [0.15, 0.2) is 249 Å². The highest BCUT2D eigenvalue weighted by Gasteiger charge is 2.57. The third-order valence-electron chi connectivity index (χ3n) is 20.5. The Morgan fingerprint density at radius 1 is 0.449 bits per heavy atom. The highest BCUT2D eigenvalue weighted by Crippen LogP contribution is 2.60. The van der Waals surface area contributed by atoms with Gasteiger partial charge in [-0.2, -0.15) is 0 Å². The number of hydrogen-bond acceptors (Lipinski definition) is 5. The third-order valence-corrected chi connectivity index (χ3v) is 20.5. The van der Waals surface area contributed by atoms with Crippen LogP contribution in [0.2, 0.25) is 0 Å². The molecule has 453 valence electrons. The Morgan fingerprint density at radius 3 is 1.43 bits per heavy atom. The molecule has 4 atom stereocenters. The largest absolute Gasteiger partial charge is 0.379 e. The van der Waals surface area contributed by atoms with Gasteiger partial charge in [-0.15, -0.1) is 0 Å². The third kappa shape index (κ3) is 11.9. The summed E-state index contributed by atoms with van der Waals surface area (Å²) < 4.78 is 6.55.